The highest BCUT2D eigenvalue weighted by atomic mass is 32.1. The first kappa shape index (κ1) is 17.8. The molecule has 2 heterocycles. The number of hydrogen-bond donors (Lipinski definition) is 0. The number of nitriles is 1. The fraction of sp³-hybridized carbons (Fsp3) is 0.278. The second-order valence-corrected chi connectivity index (χ2v) is 6.55. The number of rotatable bonds is 6. The monoisotopic (exact) mass is 372 g/mol. The van der Waals surface area contributed by atoms with Crippen LogP contribution in [0.4, 0.5) is 10.5 Å². The highest BCUT2D eigenvalue weighted by Gasteiger charge is 2.33. The molecule has 0 radical (unpaired) electrons. The molecule has 2 aromatic rings. The number of amides is 1. The second kappa shape index (κ2) is 7.89. The Morgan fingerprint density at radius 1 is 1.38 bits per heavy atom. The van der Waals surface area contributed by atoms with Crippen molar-refractivity contribution >= 4 is 29.1 Å². The van der Waals surface area contributed by atoms with Crippen molar-refractivity contribution in [2.24, 2.45) is 0 Å². The van der Waals surface area contributed by atoms with Crippen LogP contribution in [0, 0.1) is 11.3 Å². The molecule has 1 unspecified atom stereocenters. The molecule has 0 aliphatic carbocycles. The van der Waals surface area contributed by atoms with Gasteiger partial charge in [0.1, 0.15) is 12.4 Å². The molecular formula is C18H16N2O5S. The summed E-state index contributed by atoms with van der Waals surface area (Å²) in [4.78, 5) is 25.8. The quantitative estimate of drug-likeness (QED) is 0.725. The van der Waals surface area contributed by atoms with E-state index in [2.05, 4.69) is 4.74 Å². The average molecular weight is 372 g/mol. The Labute approximate surface area is 154 Å². The molecule has 1 aromatic carbocycles. The average Bonchev–Trinajstić information content (AvgIpc) is 3.26. The number of cyclic esters (lactones) is 1. The molecule has 134 valence electrons. The van der Waals surface area contributed by atoms with Gasteiger partial charge in [-0.1, -0.05) is 0 Å². The maximum atomic E-state index is 12.1. The van der Waals surface area contributed by atoms with Crippen LogP contribution in [0.1, 0.15) is 10.4 Å². The third kappa shape index (κ3) is 3.95. The molecular weight excluding hydrogens is 356 g/mol. The van der Waals surface area contributed by atoms with Crippen molar-refractivity contribution in [2.75, 3.05) is 25.2 Å². The summed E-state index contributed by atoms with van der Waals surface area (Å²) in [5, 5.41) is 10.7. The van der Waals surface area contributed by atoms with Crippen LogP contribution < -0.4 is 9.64 Å². The lowest BCUT2D eigenvalue weighted by Crippen LogP contribution is -2.26. The van der Waals surface area contributed by atoms with Crippen molar-refractivity contribution in [1.82, 2.24) is 0 Å². The van der Waals surface area contributed by atoms with Crippen LogP contribution in [-0.2, 0) is 20.7 Å². The fourth-order valence-corrected chi connectivity index (χ4v) is 3.31. The fourth-order valence-electron chi connectivity index (χ4n) is 2.51. The van der Waals surface area contributed by atoms with Crippen molar-refractivity contribution in [1.29, 1.82) is 5.26 Å². The van der Waals surface area contributed by atoms with Gasteiger partial charge in [-0.05, 0) is 35.7 Å². The maximum Gasteiger partial charge on any atom is 0.414 e. The van der Waals surface area contributed by atoms with E-state index in [9.17, 15) is 9.59 Å². The smallest absolute Gasteiger partial charge is 0.414 e. The Bertz CT molecular complexity index is 840. The summed E-state index contributed by atoms with van der Waals surface area (Å²) < 4.78 is 15.7. The van der Waals surface area contributed by atoms with Crippen LogP contribution in [0.15, 0.2) is 35.7 Å². The first-order valence-electron chi connectivity index (χ1n) is 7.85. The predicted octanol–water partition coefficient (Wildman–Crippen LogP) is 2.74. The van der Waals surface area contributed by atoms with Crippen LogP contribution in [-0.4, -0.2) is 38.4 Å². The summed E-state index contributed by atoms with van der Waals surface area (Å²) >= 11 is 1.41. The third-order valence-corrected chi connectivity index (χ3v) is 4.75. The largest absolute Gasteiger partial charge is 0.488 e. The van der Waals surface area contributed by atoms with Crippen molar-refractivity contribution in [3.05, 3.63) is 46.2 Å². The van der Waals surface area contributed by atoms with Crippen LogP contribution >= 0.6 is 11.3 Å². The molecule has 1 saturated heterocycles. The van der Waals surface area contributed by atoms with E-state index >= 15 is 0 Å². The molecule has 0 bridgehead atoms. The van der Waals surface area contributed by atoms with E-state index in [0.29, 0.717) is 23.5 Å². The highest BCUT2D eigenvalue weighted by Crippen LogP contribution is 2.27. The Morgan fingerprint density at radius 3 is 2.85 bits per heavy atom. The molecule has 1 amide bonds. The summed E-state index contributed by atoms with van der Waals surface area (Å²) in [6.45, 7) is 0.532. The topological polar surface area (TPSA) is 88.9 Å². The van der Waals surface area contributed by atoms with E-state index < -0.39 is 12.2 Å². The zero-order valence-electron chi connectivity index (χ0n) is 14.0. The number of thiophene rings is 1. The van der Waals surface area contributed by atoms with Gasteiger partial charge in [0.05, 0.1) is 36.6 Å². The lowest BCUT2D eigenvalue weighted by molar-refractivity contribution is -0.139. The van der Waals surface area contributed by atoms with Gasteiger partial charge in [-0.15, -0.1) is 11.3 Å². The number of nitrogens with zero attached hydrogens (tertiary/aromatic N) is 2. The second-order valence-electron chi connectivity index (χ2n) is 5.55. The van der Waals surface area contributed by atoms with Gasteiger partial charge in [0.2, 0.25) is 0 Å². The molecule has 1 aromatic heterocycles. The van der Waals surface area contributed by atoms with Crippen molar-refractivity contribution in [3.63, 3.8) is 0 Å². The Kier molecular flexibility index (Phi) is 5.39. The minimum Gasteiger partial charge on any atom is -0.488 e. The van der Waals surface area contributed by atoms with E-state index in [0.717, 1.165) is 4.88 Å². The molecule has 1 atom stereocenters. The number of anilines is 1. The number of esters is 1. The van der Waals surface area contributed by atoms with Crippen LogP contribution in [0.3, 0.4) is 0 Å². The SMILES string of the molecule is COC(=O)Cc1sccc1OCC1CN(c2ccc(C#N)cc2)C(=O)O1. The van der Waals surface area contributed by atoms with E-state index in [4.69, 9.17) is 14.7 Å². The van der Waals surface area contributed by atoms with Crippen molar-refractivity contribution in [2.45, 2.75) is 12.5 Å². The summed E-state index contributed by atoms with van der Waals surface area (Å²) in [6, 6.07) is 10.5. The summed E-state index contributed by atoms with van der Waals surface area (Å²) in [7, 11) is 1.34. The molecule has 7 nitrogen and oxygen atoms in total. The van der Waals surface area contributed by atoms with Gasteiger partial charge in [0, 0.05) is 5.69 Å². The molecule has 1 aliphatic rings. The summed E-state index contributed by atoms with van der Waals surface area (Å²) in [6.07, 6.45) is -0.738. The third-order valence-electron chi connectivity index (χ3n) is 3.84. The van der Waals surface area contributed by atoms with Gasteiger partial charge in [0.25, 0.3) is 0 Å². The van der Waals surface area contributed by atoms with Crippen molar-refractivity contribution in [3.8, 4) is 11.8 Å². The molecule has 3 rings (SSSR count). The van der Waals surface area contributed by atoms with Gasteiger partial charge in [-0.25, -0.2) is 4.79 Å². The number of ether oxygens (including phenoxy) is 3. The standard InChI is InChI=1S/C18H16N2O5S/c1-23-17(21)8-16-15(6-7-26-16)24-11-14-10-20(18(22)25-14)13-4-2-12(9-19)3-5-13/h2-7,14H,8,10-11H2,1H3. The normalized spacial score (nSPS) is 16.1. The highest BCUT2D eigenvalue weighted by molar-refractivity contribution is 7.10. The van der Waals surface area contributed by atoms with Gasteiger partial charge in [0.15, 0.2) is 6.10 Å². The first-order valence-corrected chi connectivity index (χ1v) is 8.73. The molecule has 1 aliphatic heterocycles. The van der Waals surface area contributed by atoms with Crippen LogP contribution in [0.5, 0.6) is 5.75 Å². The van der Waals surface area contributed by atoms with E-state index in [1.165, 1.54) is 23.3 Å². The van der Waals surface area contributed by atoms with Gasteiger partial charge in [-0.2, -0.15) is 5.26 Å². The molecule has 26 heavy (non-hydrogen) atoms. The number of hydrogen-bond acceptors (Lipinski definition) is 7. The number of carbonyl (C=O) groups is 2. The van der Waals surface area contributed by atoms with Crippen molar-refractivity contribution < 1.29 is 23.8 Å². The zero-order chi connectivity index (χ0) is 18.5. The lowest BCUT2D eigenvalue weighted by Gasteiger charge is -2.13. The lowest BCUT2D eigenvalue weighted by atomic mass is 10.2. The number of carbonyl (C=O) groups excluding carboxylic acids is 2. The van der Waals surface area contributed by atoms with Gasteiger partial charge in [-0.3, -0.25) is 9.69 Å². The van der Waals surface area contributed by atoms with Gasteiger partial charge < -0.3 is 14.2 Å². The zero-order valence-corrected chi connectivity index (χ0v) is 14.8. The summed E-state index contributed by atoms with van der Waals surface area (Å²) in [5.74, 6) is 0.254. The first-order chi connectivity index (χ1) is 12.6. The molecule has 8 heteroatoms. The van der Waals surface area contributed by atoms with E-state index in [-0.39, 0.29) is 19.0 Å². The number of benzene rings is 1. The Morgan fingerprint density at radius 2 is 2.15 bits per heavy atom. The molecule has 0 saturated carbocycles. The van der Waals surface area contributed by atoms with Gasteiger partial charge >= 0.3 is 12.1 Å². The van der Waals surface area contributed by atoms with Crippen LogP contribution in [0.25, 0.3) is 0 Å². The van der Waals surface area contributed by atoms with E-state index in [1.807, 2.05) is 11.4 Å². The summed E-state index contributed by atoms with van der Waals surface area (Å²) in [5.41, 5.74) is 1.19. The van der Waals surface area contributed by atoms with E-state index in [1.54, 1.807) is 30.3 Å². The Hall–Kier alpha value is -3.05. The maximum absolute atomic E-state index is 12.1. The predicted molar refractivity (Wildman–Crippen MR) is 94.3 cm³/mol. The molecule has 0 spiro atoms. The minimum atomic E-state index is -0.455. The minimum absolute atomic E-state index is 0.144. The number of methoxy groups -OCH3 is 1. The Balaban J connectivity index is 1.59. The van der Waals surface area contributed by atoms with Crippen LogP contribution in [0.2, 0.25) is 0 Å². The molecule has 1 fully saturated rings. The molecule has 0 N–H and O–H groups in total.